The van der Waals surface area contributed by atoms with Crippen molar-refractivity contribution in [1.82, 2.24) is 0 Å². The van der Waals surface area contributed by atoms with E-state index in [0.29, 0.717) is 17.1 Å². The predicted octanol–water partition coefficient (Wildman–Crippen LogP) is 0.723. The van der Waals surface area contributed by atoms with Gasteiger partial charge in [-0.05, 0) is 19.1 Å². The number of pyridine rings is 1. The topological polar surface area (TPSA) is 62.2 Å². The van der Waals surface area contributed by atoms with Gasteiger partial charge in [0.2, 0.25) is 5.75 Å². The number of hydrogen-bond acceptors (Lipinski definition) is 3. The second-order valence-corrected chi connectivity index (χ2v) is 2.02. The predicted molar refractivity (Wildman–Crippen MR) is 48.2 cm³/mol. The zero-order valence-electron chi connectivity index (χ0n) is 6.69. The molecule has 2 N–H and O–H groups in total. The molecule has 0 aliphatic carbocycles. The van der Waals surface area contributed by atoms with Crippen molar-refractivity contribution < 1.29 is 9.47 Å². The summed E-state index contributed by atoms with van der Waals surface area (Å²) >= 11 is 0. The Morgan fingerprint density at radius 3 is 2.92 bits per heavy atom. The molecule has 0 bridgehead atoms. The van der Waals surface area contributed by atoms with Crippen molar-refractivity contribution in [3.8, 4) is 5.75 Å². The molecule has 0 atom stereocenters. The van der Waals surface area contributed by atoms with Crippen LogP contribution in [0.25, 0.3) is 0 Å². The lowest BCUT2D eigenvalue weighted by Crippen LogP contribution is -2.30. The van der Waals surface area contributed by atoms with Crippen LogP contribution in [-0.2, 0) is 0 Å². The van der Waals surface area contributed by atoms with Gasteiger partial charge >= 0.3 is 5.82 Å². The minimum absolute atomic E-state index is 0. The molecule has 5 heteroatoms. The molecule has 0 amide bonds. The molecule has 0 aliphatic rings. The Morgan fingerprint density at radius 1 is 1.67 bits per heavy atom. The summed E-state index contributed by atoms with van der Waals surface area (Å²) < 4.78 is 5.65. The molecule has 68 valence electrons. The third-order valence-electron chi connectivity index (χ3n) is 1.26. The molecular weight excluding hydrogens is 180 g/mol. The van der Waals surface area contributed by atoms with Gasteiger partial charge in [0.15, 0.2) is 0 Å². The van der Waals surface area contributed by atoms with Gasteiger partial charge in [-0.1, -0.05) is 0 Å². The van der Waals surface area contributed by atoms with E-state index < -0.39 is 0 Å². The Morgan fingerprint density at radius 2 is 2.33 bits per heavy atom. The summed E-state index contributed by atoms with van der Waals surface area (Å²) in [4.78, 5) is 0. The fraction of sp³-hybridized carbons (Fsp3) is 0.286. The molecule has 1 aromatic rings. The molecular formula is C7H11ClN2O2. The third-order valence-corrected chi connectivity index (χ3v) is 1.26. The third kappa shape index (κ3) is 2.17. The Kier molecular flexibility index (Phi) is 4.21. The van der Waals surface area contributed by atoms with E-state index in [2.05, 4.69) is 0 Å². The van der Waals surface area contributed by atoms with Crippen molar-refractivity contribution >= 4 is 18.2 Å². The largest absolute Gasteiger partial charge is 0.711 e. The second-order valence-electron chi connectivity index (χ2n) is 2.02. The molecule has 1 rings (SSSR count). The van der Waals surface area contributed by atoms with Crippen molar-refractivity contribution in [1.29, 1.82) is 0 Å². The Balaban J connectivity index is 0.00000121. The normalized spacial score (nSPS) is 8.75. The lowest BCUT2D eigenvalue weighted by atomic mass is 10.4. The van der Waals surface area contributed by atoms with Gasteiger partial charge in [0.1, 0.15) is 0 Å². The van der Waals surface area contributed by atoms with E-state index in [0.717, 1.165) is 0 Å². The number of halogens is 1. The number of anilines is 1. The lowest BCUT2D eigenvalue weighted by Gasteiger charge is -2.07. The minimum Gasteiger partial charge on any atom is -0.711 e. The summed E-state index contributed by atoms with van der Waals surface area (Å²) in [5.74, 6) is 0.541. The van der Waals surface area contributed by atoms with E-state index in [9.17, 15) is 5.21 Å². The maximum Gasteiger partial charge on any atom is 0.318 e. The molecule has 0 radical (unpaired) electrons. The van der Waals surface area contributed by atoms with Gasteiger partial charge in [0.25, 0.3) is 0 Å². The van der Waals surface area contributed by atoms with Crippen LogP contribution in [0.1, 0.15) is 6.92 Å². The van der Waals surface area contributed by atoms with Crippen molar-refractivity contribution in [3.05, 3.63) is 23.5 Å². The smallest absolute Gasteiger partial charge is 0.318 e. The van der Waals surface area contributed by atoms with Gasteiger partial charge in [0.05, 0.1) is 12.8 Å². The van der Waals surface area contributed by atoms with Gasteiger partial charge < -0.3 is 9.94 Å². The molecule has 0 aliphatic heterocycles. The molecule has 0 fully saturated rings. The number of nitrogens with zero attached hydrogens (tertiary/aromatic N) is 1. The van der Waals surface area contributed by atoms with Crippen LogP contribution in [-0.4, -0.2) is 6.61 Å². The first-order chi connectivity index (χ1) is 5.25. The molecule has 0 saturated heterocycles. The average Bonchev–Trinajstić information content (AvgIpc) is 1.99. The van der Waals surface area contributed by atoms with E-state index in [1.807, 2.05) is 6.92 Å². The molecule has 12 heavy (non-hydrogen) atoms. The van der Waals surface area contributed by atoms with E-state index in [1.165, 1.54) is 6.20 Å². The molecule has 4 nitrogen and oxygen atoms in total. The molecule has 1 heterocycles. The first-order valence-electron chi connectivity index (χ1n) is 3.36. The van der Waals surface area contributed by atoms with Crippen LogP contribution in [0, 0.1) is 5.21 Å². The van der Waals surface area contributed by atoms with Gasteiger partial charge in [-0.2, -0.15) is 0 Å². The first-order valence-corrected chi connectivity index (χ1v) is 3.36. The van der Waals surface area contributed by atoms with Gasteiger partial charge in [-0.25, -0.2) is 4.73 Å². The van der Waals surface area contributed by atoms with Crippen LogP contribution in [0.2, 0.25) is 0 Å². The maximum absolute atomic E-state index is 10.8. The molecule has 0 unspecified atom stereocenters. The Hall–Kier alpha value is -1.16. The van der Waals surface area contributed by atoms with Crippen molar-refractivity contribution in [3.63, 3.8) is 0 Å². The Labute approximate surface area is 76.9 Å². The monoisotopic (exact) mass is 190 g/mol. The van der Waals surface area contributed by atoms with E-state index >= 15 is 0 Å². The highest BCUT2D eigenvalue weighted by Crippen LogP contribution is 2.14. The summed E-state index contributed by atoms with van der Waals surface area (Å²) in [6.07, 6.45) is 1.33. The van der Waals surface area contributed by atoms with E-state index in [-0.39, 0.29) is 18.2 Å². The van der Waals surface area contributed by atoms with Gasteiger partial charge in [-0.3, -0.25) is 5.73 Å². The quantitative estimate of drug-likeness (QED) is 0.552. The number of rotatable bonds is 2. The van der Waals surface area contributed by atoms with Crippen LogP contribution >= 0.6 is 12.4 Å². The minimum atomic E-state index is 0. The molecule has 0 aromatic carbocycles. The highest BCUT2D eigenvalue weighted by molar-refractivity contribution is 5.85. The summed E-state index contributed by atoms with van der Waals surface area (Å²) in [6.45, 7) is 2.34. The lowest BCUT2D eigenvalue weighted by molar-refractivity contribution is -0.590. The van der Waals surface area contributed by atoms with Gasteiger partial charge in [-0.15, -0.1) is 12.4 Å². The van der Waals surface area contributed by atoms with Crippen LogP contribution in [0.4, 0.5) is 5.82 Å². The van der Waals surface area contributed by atoms with Crippen molar-refractivity contribution in [2.45, 2.75) is 6.92 Å². The number of nitrogens with two attached hydrogens (primary N) is 1. The fourth-order valence-electron chi connectivity index (χ4n) is 0.760. The summed E-state index contributed by atoms with van der Waals surface area (Å²) in [7, 11) is 0. The summed E-state index contributed by atoms with van der Waals surface area (Å²) in [6, 6.07) is 3.25. The Bertz CT molecular complexity index is 255. The first kappa shape index (κ1) is 10.8. The van der Waals surface area contributed by atoms with Crippen LogP contribution < -0.4 is 15.2 Å². The van der Waals surface area contributed by atoms with E-state index in [4.69, 9.17) is 10.5 Å². The summed E-state index contributed by atoms with van der Waals surface area (Å²) in [5.41, 5.74) is 5.39. The summed E-state index contributed by atoms with van der Waals surface area (Å²) in [5, 5.41) is 10.8. The van der Waals surface area contributed by atoms with E-state index in [1.54, 1.807) is 12.1 Å². The number of aromatic nitrogens is 1. The molecule has 0 spiro atoms. The number of hydrogen-bond donors (Lipinski definition) is 1. The average molecular weight is 191 g/mol. The highest BCUT2D eigenvalue weighted by Gasteiger charge is 2.04. The number of nitrogen functional groups attached to an aromatic ring is 1. The molecule has 1 aromatic heterocycles. The van der Waals surface area contributed by atoms with Crippen molar-refractivity contribution in [2.75, 3.05) is 12.3 Å². The zero-order chi connectivity index (χ0) is 8.27. The zero-order valence-corrected chi connectivity index (χ0v) is 7.50. The number of ether oxygens (including phenoxy) is 1. The fourth-order valence-corrected chi connectivity index (χ4v) is 0.760. The van der Waals surface area contributed by atoms with Gasteiger partial charge in [0, 0.05) is 0 Å². The van der Waals surface area contributed by atoms with Crippen LogP contribution in [0.15, 0.2) is 18.3 Å². The second kappa shape index (κ2) is 4.66. The van der Waals surface area contributed by atoms with Crippen molar-refractivity contribution in [2.24, 2.45) is 0 Å². The SMILES string of the molecule is CCOc1ccc[n+]([O-])c1N.Cl. The van der Waals surface area contributed by atoms with Crippen LogP contribution in [0.5, 0.6) is 5.75 Å². The van der Waals surface area contributed by atoms with Crippen LogP contribution in [0.3, 0.4) is 0 Å². The maximum atomic E-state index is 10.8. The highest BCUT2D eigenvalue weighted by atomic mass is 35.5. The standard InChI is InChI=1S/C7H10N2O2.ClH/c1-2-11-6-4-3-5-9(10)7(6)8;/h3-5H,2,8H2,1H3;1H. The molecule has 0 saturated carbocycles.